The molecular formula is C20H36FN5O3. The average Bonchev–Trinajstić information content (AvgIpc) is 2.72. The Morgan fingerprint density at radius 2 is 1.59 bits per heavy atom. The molecule has 0 aromatic rings. The Morgan fingerprint density at radius 3 is 2.24 bits per heavy atom. The van der Waals surface area contributed by atoms with Crippen molar-refractivity contribution in [2.75, 3.05) is 7.11 Å². The van der Waals surface area contributed by atoms with Crippen molar-refractivity contribution in [2.24, 2.45) is 11.8 Å². The van der Waals surface area contributed by atoms with E-state index in [4.69, 9.17) is 4.84 Å². The number of amides is 2. The van der Waals surface area contributed by atoms with Crippen LogP contribution in [-0.4, -0.2) is 49.6 Å². The van der Waals surface area contributed by atoms with E-state index in [1.165, 1.54) is 26.4 Å². The molecule has 1 saturated heterocycles. The summed E-state index contributed by atoms with van der Waals surface area (Å²) in [6.07, 6.45) is 6.56. The lowest BCUT2D eigenvalue weighted by molar-refractivity contribution is -0.128. The van der Waals surface area contributed by atoms with Crippen molar-refractivity contribution in [1.29, 1.82) is 0 Å². The Kier molecular flexibility index (Phi) is 8.23. The summed E-state index contributed by atoms with van der Waals surface area (Å²) in [5.41, 5.74) is 2.56. The zero-order valence-corrected chi connectivity index (χ0v) is 17.5. The van der Waals surface area contributed by atoms with E-state index in [0.29, 0.717) is 5.78 Å². The molecule has 2 aliphatic carbocycles. The summed E-state index contributed by atoms with van der Waals surface area (Å²) in [4.78, 5) is 29.9. The number of carbonyl (C=O) groups is 2. The van der Waals surface area contributed by atoms with Crippen molar-refractivity contribution in [2.45, 2.75) is 95.4 Å². The van der Waals surface area contributed by atoms with Gasteiger partial charge in [-0.15, -0.1) is 0 Å². The zero-order valence-electron chi connectivity index (χ0n) is 17.5. The topological polar surface area (TPSA) is 104 Å². The lowest BCUT2D eigenvalue weighted by atomic mass is 9.75. The molecule has 166 valence electrons. The molecule has 3 fully saturated rings. The molecule has 1 aliphatic heterocycles. The summed E-state index contributed by atoms with van der Waals surface area (Å²) >= 11 is 0. The summed E-state index contributed by atoms with van der Waals surface area (Å²) < 4.78 is 14.1. The fourth-order valence-corrected chi connectivity index (χ4v) is 4.87. The van der Waals surface area contributed by atoms with Crippen molar-refractivity contribution in [3.63, 3.8) is 0 Å². The Labute approximate surface area is 172 Å². The molecule has 2 saturated carbocycles. The predicted octanol–water partition coefficient (Wildman–Crippen LogP) is 1.67. The van der Waals surface area contributed by atoms with Crippen LogP contribution >= 0.6 is 0 Å². The van der Waals surface area contributed by atoms with Gasteiger partial charge in [-0.3, -0.25) is 15.4 Å². The third-order valence-electron chi connectivity index (χ3n) is 6.56. The fourth-order valence-electron chi connectivity index (χ4n) is 4.87. The van der Waals surface area contributed by atoms with Crippen LogP contribution in [0.15, 0.2) is 0 Å². The number of urea groups is 1. The van der Waals surface area contributed by atoms with Crippen LogP contribution in [0.5, 0.6) is 0 Å². The number of rotatable bonds is 6. The summed E-state index contributed by atoms with van der Waals surface area (Å²) in [5, 5.41) is 11.7. The van der Waals surface area contributed by atoms with E-state index in [-0.39, 0.29) is 23.9 Å². The fraction of sp³-hybridized carbons (Fsp3) is 0.900. The lowest BCUT2D eigenvalue weighted by Gasteiger charge is -2.39. The van der Waals surface area contributed by atoms with Gasteiger partial charge in [-0.1, -0.05) is 19.3 Å². The van der Waals surface area contributed by atoms with Crippen LogP contribution < -0.4 is 26.7 Å². The molecule has 9 heteroatoms. The van der Waals surface area contributed by atoms with Gasteiger partial charge in [0.05, 0.1) is 7.11 Å². The van der Waals surface area contributed by atoms with E-state index in [0.717, 1.165) is 38.5 Å². The summed E-state index contributed by atoms with van der Waals surface area (Å²) in [7, 11) is 1.42. The molecule has 0 bridgehead atoms. The molecule has 3 rings (SSSR count). The zero-order chi connectivity index (χ0) is 20.8. The van der Waals surface area contributed by atoms with Crippen LogP contribution in [0, 0.1) is 11.8 Å². The Bertz CT molecular complexity index is 552. The van der Waals surface area contributed by atoms with Crippen molar-refractivity contribution in [3.05, 3.63) is 0 Å². The number of hydrogen-bond acceptors (Lipinski definition) is 6. The second-order valence-electron chi connectivity index (χ2n) is 8.70. The first-order chi connectivity index (χ1) is 14.0. The van der Waals surface area contributed by atoms with E-state index in [1.54, 1.807) is 6.92 Å². The number of ketones is 1. The molecule has 0 spiro atoms. The van der Waals surface area contributed by atoms with E-state index in [1.807, 2.05) is 0 Å². The molecule has 5 N–H and O–H groups in total. The quantitative estimate of drug-likeness (QED) is 0.425. The highest BCUT2D eigenvalue weighted by atomic mass is 19.1. The first-order valence-corrected chi connectivity index (χ1v) is 11.0. The Morgan fingerprint density at radius 1 is 0.931 bits per heavy atom. The van der Waals surface area contributed by atoms with Crippen molar-refractivity contribution >= 4 is 11.8 Å². The SMILES string of the molecule is CONC1NC(NC(=O)NC2CCC(C(=O)C3CCCCC3)CC2)NC(C)C1F. The normalized spacial score (nSPS) is 36.4. The van der Waals surface area contributed by atoms with E-state index < -0.39 is 24.7 Å². The maximum absolute atomic E-state index is 14.1. The number of alkyl halides is 1. The minimum absolute atomic E-state index is 0.0632. The lowest BCUT2D eigenvalue weighted by Crippen LogP contribution is -2.72. The summed E-state index contributed by atoms with van der Waals surface area (Å²) in [5.74, 6) is 0.874. The predicted molar refractivity (Wildman–Crippen MR) is 107 cm³/mol. The number of hydroxylamine groups is 1. The van der Waals surface area contributed by atoms with Crippen LogP contribution in [0.1, 0.15) is 64.7 Å². The number of Topliss-reactive ketones (excluding diaryl/α,β-unsaturated/α-hetero) is 1. The van der Waals surface area contributed by atoms with Crippen LogP contribution in [0.4, 0.5) is 9.18 Å². The van der Waals surface area contributed by atoms with Gasteiger partial charge in [0.15, 0.2) is 0 Å². The number of hydrogen-bond donors (Lipinski definition) is 5. The van der Waals surface area contributed by atoms with E-state index >= 15 is 0 Å². The molecule has 3 aliphatic rings. The highest BCUT2D eigenvalue weighted by Gasteiger charge is 2.36. The van der Waals surface area contributed by atoms with Gasteiger partial charge in [0.2, 0.25) is 0 Å². The minimum atomic E-state index is -1.20. The van der Waals surface area contributed by atoms with Gasteiger partial charge in [-0.25, -0.2) is 9.18 Å². The number of carbonyl (C=O) groups excluding carboxylic acids is 2. The molecule has 1 heterocycles. The number of halogens is 1. The second-order valence-corrected chi connectivity index (χ2v) is 8.70. The van der Waals surface area contributed by atoms with Gasteiger partial charge >= 0.3 is 6.03 Å². The van der Waals surface area contributed by atoms with Gasteiger partial charge in [0.25, 0.3) is 0 Å². The van der Waals surface area contributed by atoms with Crippen molar-refractivity contribution < 1.29 is 18.8 Å². The molecule has 8 nitrogen and oxygen atoms in total. The maximum Gasteiger partial charge on any atom is 0.317 e. The molecule has 4 atom stereocenters. The van der Waals surface area contributed by atoms with Crippen LogP contribution in [0.2, 0.25) is 0 Å². The molecule has 29 heavy (non-hydrogen) atoms. The largest absolute Gasteiger partial charge is 0.335 e. The summed E-state index contributed by atoms with van der Waals surface area (Å²) in [6.45, 7) is 1.72. The number of nitrogens with one attached hydrogen (secondary N) is 5. The van der Waals surface area contributed by atoms with E-state index in [2.05, 4.69) is 26.7 Å². The van der Waals surface area contributed by atoms with Crippen molar-refractivity contribution in [3.8, 4) is 0 Å². The van der Waals surface area contributed by atoms with Gasteiger partial charge in [-0.05, 0) is 45.4 Å². The highest BCUT2D eigenvalue weighted by Crippen LogP contribution is 2.32. The third-order valence-corrected chi connectivity index (χ3v) is 6.56. The molecule has 0 radical (unpaired) electrons. The maximum atomic E-state index is 14.1. The molecule has 4 unspecified atom stereocenters. The molecule has 0 aromatic heterocycles. The molecule has 2 amide bonds. The van der Waals surface area contributed by atoms with Gasteiger partial charge in [0.1, 0.15) is 24.4 Å². The van der Waals surface area contributed by atoms with Crippen LogP contribution in [0.3, 0.4) is 0 Å². The standard InChI is InChI=1S/C20H36FN5O3/c1-12-16(21)18(26-29-2)24-19(22-12)25-20(28)23-15-10-8-14(9-11-15)17(27)13-6-4-3-5-7-13/h12-16,18-19,22,24,26H,3-11H2,1-2H3,(H2,23,25,28). The van der Waals surface area contributed by atoms with Crippen molar-refractivity contribution in [1.82, 2.24) is 26.7 Å². The monoisotopic (exact) mass is 413 g/mol. The average molecular weight is 414 g/mol. The Hall–Kier alpha value is -1.29. The second kappa shape index (κ2) is 10.7. The molecule has 0 aromatic carbocycles. The molecular weight excluding hydrogens is 377 g/mol. The van der Waals surface area contributed by atoms with E-state index in [9.17, 15) is 14.0 Å². The summed E-state index contributed by atoms with van der Waals surface area (Å²) in [6, 6.07) is -0.693. The first-order valence-electron chi connectivity index (χ1n) is 11.0. The van der Waals surface area contributed by atoms with Crippen LogP contribution in [0.25, 0.3) is 0 Å². The minimum Gasteiger partial charge on any atom is -0.335 e. The third kappa shape index (κ3) is 6.10. The highest BCUT2D eigenvalue weighted by molar-refractivity contribution is 5.83. The van der Waals surface area contributed by atoms with Crippen LogP contribution in [-0.2, 0) is 9.63 Å². The first kappa shape index (κ1) is 22.4. The van der Waals surface area contributed by atoms with Gasteiger partial charge in [0, 0.05) is 23.9 Å². The van der Waals surface area contributed by atoms with Gasteiger partial charge in [-0.2, -0.15) is 5.48 Å². The Balaban J connectivity index is 1.40. The van der Waals surface area contributed by atoms with Gasteiger partial charge < -0.3 is 15.5 Å². The smallest absolute Gasteiger partial charge is 0.317 e.